The Hall–Kier alpha value is -5.03. The molecule has 0 atom stereocenters. The first kappa shape index (κ1) is 24.6. The van der Waals surface area contributed by atoms with Crippen LogP contribution in [0.15, 0.2) is 146 Å². The third kappa shape index (κ3) is 4.03. The zero-order valence-corrected chi connectivity index (χ0v) is 24.7. The molecule has 0 aliphatic heterocycles. The number of benzene rings is 6. The number of nitrogens with zero attached hydrogens (tertiary/aromatic N) is 2. The summed E-state index contributed by atoms with van der Waals surface area (Å²) in [5.74, 6) is 0. The van der Waals surface area contributed by atoms with E-state index in [0.29, 0.717) is 0 Å². The lowest BCUT2D eigenvalue weighted by Crippen LogP contribution is -2.09. The normalized spacial score (nSPS) is 11.7. The predicted octanol–water partition coefficient (Wildman–Crippen LogP) is 12.1. The van der Waals surface area contributed by atoms with Gasteiger partial charge in [0.15, 0.2) is 0 Å². The monoisotopic (exact) mass is 584 g/mol. The molecule has 3 aromatic heterocycles. The van der Waals surface area contributed by atoms with Crippen molar-refractivity contribution in [3.05, 3.63) is 146 Å². The van der Waals surface area contributed by atoms with Crippen LogP contribution in [0.4, 0.5) is 17.1 Å². The van der Waals surface area contributed by atoms with E-state index in [1.54, 1.807) is 0 Å². The average molecular weight is 585 g/mol. The topological polar surface area (TPSA) is 16.1 Å². The third-order valence-corrected chi connectivity index (χ3v) is 10.7. The smallest absolute Gasteiger partial charge is 0.0468 e. The van der Waals surface area contributed by atoms with Crippen LogP contribution in [0.25, 0.3) is 62.2 Å². The first-order valence-corrected chi connectivity index (χ1v) is 16.0. The highest BCUT2D eigenvalue weighted by Crippen LogP contribution is 2.44. The summed E-state index contributed by atoms with van der Waals surface area (Å²) >= 11 is 3.72. The Bertz CT molecular complexity index is 2450. The molecule has 0 unspecified atom stereocenters. The van der Waals surface area contributed by atoms with Gasteiger partial charge in [0, 0.05) is 80.6 Å². The summed E-state index contributed by atoms with van der Waals surface area (Å²) in [5.41, 5.74) is 5.87. The minimum atomic E-state index is 1.13. The van der Waals surface area contributed by atoms with Crippen LogP contribution in [-0.4, -0.2) is 4.98 Å². The lowest BCUT2D eigenvalue weighted by Gasteiger charge is -2.26. The predicted molar refractivity (Wildman–Crippen MR) is 188 cm³/mol. The van der Waals surface area contributed by atoms with Gasteiger partial charge in [-0.05, 0) is 71.8 Å². The van der Waals surface area contributed by atoms with Crippen molar-refractivity contribution in [2.45, 2.75) is 0 Å². The maximum absolute atomic E-state index is 4.34. The van der Waals surface area contributed by atoms with Crippen LogP contribution < -0.4 is 4.90 Å². The summed E-state index contributed by atoms with van der Waals surface area (Å²) in [6.07, 6.45) is 3.85. The van der Waals surface area contributed by atoms with Crippen LogP contribution in [0.5, 0.6) is 0 Å². The van der Waals surface area contributed by atoms with Crippen molar-refractivity contribution in [1.82, 2.24) is 4.98 Å². The molecule has 0 saturated carbocycles. The molecule has 4 heteroatoms. The Morgan fingerprint density at radius 2 is 1.09 bits per heavy atom. The molecule has 0 bridgehead atoms. The van der Waals surface area contributed by atoms with Crippen molar-refractivity contribution in [1.29, 1.82) is 0 Å². The standard InChI is InChI=1S/C39H24N2S2/c1-2-6-25(7-3-1)26-10-13-28(14-11-26)41(29-15-18-37-34(22-29)32-8-4-5-9-36(32)42-37)30-16-19-38-35(23-30)33-17-12-27-24-40-21-20-31(27)39(33)43-38/h1-24H. The SMILES string of the molecule is c1ccc(-c2ccc(N(c3ccc4sc5ccccc5c4c3)c3ccc4sc5c6ccncc6ccc5c4c3)cc2)cc1. The summed E-state index contributed by atoms with van der Waals surface area (Å²) in [6, 6.07) is 48.6. The molecule has 2 nitrogen and oxygen atoms in total. The second-order valence-electron chi connectivity index (χ2n) is 10.8. The molecule has 0 spiro atoms. The van der Waals surface area contributed by atoms with Crippen LogP contribution in [0.3, 0.4) is 0 Å². The summed E-state index contributed by atoms with van der Waals surface area (Å²) in [6.45, 7) is 0. The molecule has 9 rings (SSSR count). The fraction of sp³-hybridized carbons (Fsp3) is 0. The van der Waals surface area contributed by atoms with Gasteiger partial charge >= 0.3 is 0 Å². The molecule has 6 aromatic carbocycles. The number of hydrogen-bond acceptors (Lipinski definition) is 4. The van der Waals surface area contributed by atoms with Crippen molar-refractivity contribution < 1.29 is 0 Å². The fourth-order valence-electron chi connectivity index (χ4n) is 6.26. The van der Waals surface area contributed by atoms with Crippen molar-refractivity contribution in [2.24, 2.45) is 0 Å². The maximum atomic E-state index is 4.34. The molecule has 3 heterocycles. The van der Waals surface area contributed by atoms with Crippen LogP contribution in [0.2, 0.25) is 0 Å². The highest BCUT2D eigenvalue weighted by molar-refractivity contribution is 7.26. The molecule has 0 radical (unpaired) electrons. The lowest BCUT2D eigenvalue weighted by molar-refractivity contribution is 1.30. The number of anilines is 3. The van der Waals surface area contributed by atoms with Gasteiger partial charge in [0.25, 0.3) is 0 Å². The minimum Gasteiger partial charge on any atom is -0.310 e. The fourth-order valence-corrected chi connectivity index (χ4v) is 8.57. The van der Waals surface area contributed by atoms with Crippen molar-refractivity contribution >= 4 is 90.9 Å². The zero-order chi connectivity index (χ0) is 28.3. The Balaban J connectivity index is 1.25. The quantitative estimate of drug-likeness (QED) is 0.205. The second-order valence-corrected chi connectivity index (χ2v) is 13.0. The minimum absolute atomic E-state index is 1.13. The van der Waals surface area contributed by atoms with Gasteiger partial charge in [-0.25, -0.2) is 0 Å². The third-order valence-electron chi connectivity index (χ3n) is 8.35. The molecule has 0 N–H and O–H groups in total. The van der Waals surface area contributed by atoms with E-state index in [9.17, 15) is 0 Å². The van der Waals surface area contributed by atoms with Gasteiger partial charge in [-0.2, -0.15) is 0 Å². The molecule has 43 heavy (non-hydrogen) atoms. The summed E-state index contributed by atoms with van der Waals surface area (Å²) < 4.78 is 5.24. The van der Waals surface area contributed by atoms with Crippen molar-refractivity contribution in [3.63, 3.8) is 0 Å². The first-order valence-electron chi connectivity index (χ1n) is 14.4. The van der Waals surface area contributed by atoms with E-state index in [-0.39, 0.29) is 0 Å². The van der Waals surface area contributed by atoms with Gasteiger partial charge in [-0.15, -0.1) is 22.7 Å². The molecule has 0 amide bonds. The molecule has 0 aliphatic carbocycles. The number of aromatic nitrogens is 1. The van der Waals surface area contributed by atoms with Gasteiger partial charge in [0.05, 0.1) is 0 Å². The summed E-state index contributed by atoms with van der Waals surface area (Å²) in [7, 11) is 0. The first-order chi connectivity index (χ1) is 21.3. The van der Waals surface area contributed by atoms with E-state index in [1.807, 2.05) is 35.1 Å². The van der Waals surface area contributed by atoms with E-state index in [4.69, 9.17) is 0 Å². The average Bonchev–Trinajstić information content (AvgIpc) is 3.64. The zero-order valence-electron chi connectivity index (χ0n) is 23.1. The highest BCUT2D eigenvalue weighted by Gasteiger charge is 2.17. The Labute approximate surface area is 256 Å². The molecule has 0 aliphatic rings. The van der Waals surface area contributed by atoms with Crippen LogP contribution >= 0.6 is 22.7 Å². The molecule has 9 aromatic rings. The Morgan fingerprint density at radius 1 is 0.442 bits per heavy atom. The summed E-state index contributed by atoms with van der Waals surface area (Å²) in [4.78, 5) is 6.74. The maximum Gasteiger partial charge on any atom is 0.0468 e. The lowest BCUT2D eigenvalue weighted by atomic mass is 10.0. The number of fused-ring (bicyclic) bond motifs is 8. The summed E-state index contributed by atoms with van der Waals surface area (Å²) in [5, 5.41) is 7.62. The van der Waals surface area contributed by atoms with Crippen LogP contribution in [0, 0.1) is 0 Å². The van der Waals surface area contributed by atoms with Gasteiger partial charge < -0.3 is 4.90 Å². The van der Waals surface area contributed by atoms with E-state index >= 15 is 0 Å². The van der Waals surface area contributed by atoms with E-state index < -0.39 is 0 Å². The molecular weight excluding hydrogens is 561 g/mol. The van der Waals surface area contributed by atoms with Gasteiger partial charge in [-0.3, -0.25) is 4.98 Å². The Kier molecular flexibility index (Phi) is 5.58. The number of rotatable bonds is 4. The van der Waals surface area contributed by atoms with Gasteiger partial charge in [0.2, 0.25) is 0 Å². The molecular formula is C39H24N2S2. The van der Waals surface area contributed by atoms with Crippen LogP contribution in [-0.2, 0) is 0 Å². The number of pyridine rings is 1. The van der Waals surface area contributed by atoms with Crippen molar-refractivity contribution in [3.8, 4) is 11.1 Å². The van der Waals surface area contributed by atoms with Crippen molar-refractivity contribution in [2.75, 3.05) is 4.90 Å². The van der Waals surface area contributed by atoms with Crippen LogP contribution in [0.1, 0.15) is 0 Å². The number of thiophene rings is 2. The van der Waals surface area contributed by atoms with E-state index in [0.717, 1.165) is 17.1 Å². The van der Waals surface area contributed by atoms with Gasteiger partial charge in [-0.1, -0.05) is 72.8 Å². The highest BCUT2D eigenvalue weighted by atomic mass is 32.1. The van der Waals surface area contributed by atoms with E-state index in [2.05, 4.69) is 143 Å². The second kappa shape index (κ2) is 9.77. The number of hydrogen-bond donors (Lipinski definition) is 0. The molecule has 0 fully saturated rings. The molecule has 202 valence electrons. The molecule has 0 saturated heterocycles. The largest absolute Gasteiger partial charge is 0.310 e. The Morgan fingerprint density at radius 3 is 1.91 bits per heavy atom. The van der Waals surface area contributed by atoms with E-state index in [1.165, 1.54) is 62.2 Å². The van der Waals surface area contributed by atoms with Gasteiger partial charge in [0.1, 0.15) is 0 Å².